The summed E-state index contributed by atoms with van der Waals surface area (Å²) >= 11 is 0. The molecule has 82 valence electrons. The number of nitrogens with one attached hydrogen (secondary N) is 1. The van der Waals surface area contributed by atoms with E-state index in [0.29, 0.717) is 13.0 Å². The lowest BCUT2D eigenvalue weighted by atomic mass is 9.97. The lowest BCUT2D eigenvalue weighted by molar-refractivity contribution is 0.184. The molecule has 0 amide bonds. The first-order valence-corrected chi connectivity index (χ1v) is 5.25. The summed E-state index contributed by atoms with van der Waals surface area (Å²) in [6.45, 7) is 4.89. The highest BCUT2D eigenvalue weighted by atomic mass is 16.5. The number of hydrogen-bond acceptors (Lipinski definition) is 3. The third kappa shape index (κ3) is 2.07. The van der Waals surface area contributed by atoms with Crippen molar-refractivity contribution in [1.82, 2.24) is 0 Å². The van der Waals surface area contributed by atoms with E-state index in [-0.39, 0.29) is 12.1 Å². The maximum atomic E-state index is 8.99. The number of ether oxygens (including phenoxy) is 1. The van der Waals surface area contributed by atoms with Crippen molar-refractivity contribution < 1.29 is 9.84 Å². The van der Waals surface area contributed by atoms with E-state index in [9.17, 15) is 0 Å². The number of benzene rings is 1. The van der Waals surface area contributed by atoms with Gasteiger partial charge in [-0.15, -0.1) is 0 Å². The van der Waals surface area contributed by atoms with Crippen molar-refractivity contribution in [1.29, 1.82) is 0 Å². The highest BCUT2D eigenvalue weighted by Gasteiger charge is 2.29. The molecule has 15 heavy (non-hydrogen) atoms. The molecule has 2 rings (SSSR count). The Morgan fingerprint density at radius 1 is 1.53 bits per heavy atom. The Morgan fingerprint density at radius 2 is 2.33 bits per heavy atom. The molecule has 1 aliphatic rings. The van der Waals surface area contributed by atoms with Crippen LogP contribution in [0.3, 0.4) is 0 Å². The second-order valence-corrected chi connectivity index (χ2v) is 4.45. The minimum absolute atomic E-state index is 0.157. The number of aryl methyl sites for hydroxylation is 1. The summed E-state index contributed by atoms with van der Waals surface area (Å²) in [5, 5.41) is 12.4. The van der Waals surface area contributed by atoms with Crippen LogP contribution in [0.4, 0.5) is 5.69 Å². The number of rotatable bonds is 2. The van der Waals surface area contributed by atoms with Crippen molar-refractivity contribution in [2.45, 2.75) is 25.8 Å². The van der Waals surface area contributed by atoms with E-state index in [1.165, 1.54) is 5.56 Å². The fourth-order valence-corrected chi connectivity index (χ4v) is 1.85. The van der Waals surface area contributed by atoms with E-state index in [1.54, 1.807) is 0 Å². The lowest BCUT2D eigenvalue weighted by Gasteiger charge is -2.36. The van der Waals surface area contributed by atoms with Gasteiger partial charge in [-0.2, -0.15) is 0 Å². The topological polar surface area (TPSA) is 41.5 Å². The molecule has 1 aromatic rings. The zero-order valence-electron chi connectivity index (χ0n) is 9.21. The van der Waals surface area contributed by atoms with Gasteiger partial charge < -0.3 is 15.2 Å². The molecule has 1 aromatic carbocycles. The Morgan fingerprint density at radius 3 is 3.07 bits per heavy atom. The molecule has 1 heterocycles. The molecule has 1 atom stereocenters. The van der Waals surface area contributed by atoms with Gasteiger partial charge in [0.2, 0.25) is 0 Å². The Bertz CT molecular complexity index is 365. The first-order chi connectivity index (χ1) is 7.13. The normalized spacial score (nSPS) is 23.9. The number of fused-ring (bicyclic) bond motifs is 1. The van der Waals surface area contributed by atoms with Crippen molar-refractivity contribution in [3.05, 3.63) is 23.8 Å². The average Bonchev–Trinajstić information content (AvgIpc) is 2.17. The third-order valence-corrected chi connectivity index (χ3v) is 2.78. The molecule has 1 unspecified atom stereocenters. The molecule has 0 saturated carbocycles. The van der Waals surface area contributed by atoms with Gasteiger partial charge in [0.05, 0.1) is 11.2 Å². The van der Waals surface area contributed by atoms with Crippen molar-refractivity contribution in [3.8, 4) is 5.75 Å². The fourth-order valence-electron chi connectivity index (χ4n) is 1.85. The van der Waals surface area contributed by atoms with Crippen molar-refractivity contribution in [2.75, 3.05) is 18.5 Å². The molecule has 0 aromatic heterocycles. The third-order valence-electron chi connectivity index (χ3n) is 2.78. The van der Waals surface area contributed by atoms with Gasteiger partial charge in [0, 0.05) is 6.61 Å². The van der Waals surface area contributed by atoms with Crippen LogP contribution in [-0.4, -0.2) is 23.9 Å². The monoisotopic (exact) mass is 207 g/mol. The fraction of sp³-hybridized carbons (Fsp3) is 0.500. The number of anilines is 1. The van der Waals surface area contributed by atoms with E-state index in [1.807, 2.05) is 12.1 Å². The first kappa shape index (κ1) is 10.3. The Balaban J connectivity index is 2.25. The average molecular weight is 207 g/mol. The van der Waals surface area contributed by atoms with Gasteiger partial charge in [0.25, 0.3) is 0 Å². The summed E-state index contributed by atoms with van der Waals surface area (Å²) in [5.74, 6) is 0.899. The second-order valence-electron chi connectivity index (χ2n) is 4.45. The van der Waals surface area contributed by atoms with Gasteiger partial charge in [0.1, 0.15) is 12.4 Å². The van der Waals surface area contributed by atoms with Crippen LogP contribution in [0.25, 0.3) is 0 Å². The first-order valence-electron chi connectivity index (χ1n) is 5.25. The molecular formula is C12H17NO2. The molecular weight excluding hydrogens is 190 g/mol. The summed E-state index contributed by atoms with van der Waals surface area (Å²) in [4.78, 5) is 0. The second kappa shape index (κ2) is 3.74. The predicted molar refractivity (Wildman–Crippen MR) is 60.4 cm³/mol. The quantitative estimate of drug-likeness (QED) is 0.778. The zero-order chi connectivity index (χ0) is 10.9. The molecule has 0 aliphatic carbocycles. The van der Waals surface area contributed by atoms with Crippen LogP contribution in [0, 0.1) is 6.92 Å². The van der Waals surface area contributed by atoms with Crippen LogP contribution in [0.2, 0.25) is 0 Å². The maximum Gasteiger partial charge on any atom is 0.142 e. The van der Waals surface area contributed by atoms with Crippen molar-refractivity contribution in [3.63, 3.8) is 0 Å². The van der Waals surface area contributed by atoms with E-state index >= 15 is 0 Å². The molecule has 3 nitrogen and oxygen atoms in total. The largest absolute Gasteiger partial charge is 0.489 e. The highest BCUT2D eigenvalue weighted by Crippen LogP contribution is 2.34. The van der Waals surface area contributed by atoms with Gasteiger partial charge in [-0.3, -0.25) is 0 Å². The Labute approximate surface area is 90.1 Å². The zero-order valence-corrected chi connectivity index (χ0v) is 9.21. The smallest absolute Gasteiger partial charge is 0.142 e. The van der Waals surface area contributed by atoms with Crippen LogP contribution in [0.1, 0.15) is 18.9 Å². The van der Waals surface area contributed by atoms with Crippen LogP contribution < -0.4 is 10.1 Å². The molecule has 0 radical (unpaired) electrons. The lowest BCUT2D eigenvalue weighted by Crippen LogP contribution is -2.44. The van der Waals surface area contributed by atoms with Gasteiger partial charge in [0.15, 0.2) is 0 Å². The molecule has 0 spiro atoms. The number of hydrogen-bond donors (Lipinski definition) is 2. The van der Waals surface area contributed by atoms with E-state index in [4.69, 9.17) is 9.84 Å². The van der Waals surface area contributed by atoms with Gasteiger partial charge >= 0.3 is 0 Å². The SMILES string of the molecule is Cc1ccc2c(c1)NC(C)(CCO)CO2. The summed E-state index contributed by atoms with van der Waals surface area (Å²) in [7, 11) is 0. The molecule has 0 fully saturated rings. The molecule has 3 heteroatoms. The Kier molecular flexibility index (Phi) is 2.57. The minimum atomic E-state index is -0.157. The van der Waals surface area contributed by atoms with Crippen LogP contribution in [0.5, 0.6) is 5.75 Å². The van der Waals surface area contributed by atoms with Crippen LogP contribution >= 0.6 is 0 Å². The highest BCUT2D eigenvalue weighted by molar-refractivity contribution is 5.60. The van der Waals surface area contributed by atoms with Crippen molar-refractivity contribution >= 4 is 5.69 Å². The minimum Gasteiger partial charge on any atom is -0.489 e. The van der Waals surface area contributed by atoms with E-state index in [0.717, 1.165) is 11.4 Å². The van der Waals surface area contributed by atoms with Gasteiger partial charge in [-0.1, -0.05) is 6.07 Å². The van der Waals surface area contributed by atoms with E-state index < -0.39 is 0 Å². The summed E-state index contributed by atoms with van der Waals surface area (Å²) in [6.07, 6.45) is 0.695. The summed E-state index contributed by atoms with van der Waals surface area (Å²) in [5.41, 5.74) is 2.07. The van der Waals surface area contributed by atoms with Crippen molar-refractivity contribution in [2.24, 2.45) is 0 Å². The molecule has 0 saturated heterocycles. The van der Waals surface area contributed by atoms with Gasteiger partial charge in [-0.05, 0) is 38.0 Å². The number of aliphatic hydroxyl groups is 1. The molecule has 0 bridgehead atoms. The summed E-state index contributed by atoms with van der Waals surface area (Å²) < 4.78 is 5.67. The standard InChI is InChI=1S/C12H17NO2/c1-9-3-4-11-10(7-9)13-12(2,5-6-14)8-15-11/h3-4,7,13-14H,5-6,8H2,1-2H3. The maximum absolute atomic E-state index is 8.99. The van der Waals surface area contributed by atoms with Crippen LogP contribution in [-0.2, 0) is 0 Å². The van der Waals surface area contributed by atoms with Gasteiger partial charge in [-0.25, -0.2) is 0 Å². The summed E-state index contributed by atoms with van der Waals surface area (Å²) in [6, 6.07) is 6.09. The molecule has 2 N–H and O–H groups in total. The number of aliphatic hydroxyl groups excluding tert-OH is 1. The predicted octanol–water partition coefficient (Wildman–Crippen LogP) is 1.94. The Hall–Kier alpha value is -1.22. The van der Waals surface area contributed by atoms with E-state index in [2.05, 4.69) is 25.2 Å². The van der Waals surface area contributed by atoms with Crippen LogP contribution in [0.15, 0.2) is 18.2 Å². The molecule has 1 aliphatic heterocycles.